The van der Waals surface area contributed by atoms with Gasteiger partial charge in [-0.3, -0.25) is 4.68 Å². The van der Waals surface area contributed by atoms with Crippen LogP contribution in [0.2, 0.25) is 0 Å². The van der Waals surface area contributed by atoms with E-state index in [-0.39, 0.29) is 5.82 Å². The van der Waals surface area contributed by atoms with Gasteiger partial charge in [0.05, 0.1) is 18.4 Å². The number of aromatic nitrogens is 5. The summed E-state index contributed by atoms with van der Waals surface area (Å²) < 4.78 is 8.03. The molecule has 0 atom stereocenters. The van der Waals surface area contributed by atoms with Crippen molar-refractivity contribution in [2.75, 3.05) is 6.61 Å². The summed E-state index contributed by atoms with van der Waals surface area (Å²) in [5.74, 6) is 0.132. The van der Waals surface area contributed by atoms with Gasteiger partial charge in [0, 0.05) is 20.3 Å². The predicted octanol–water partition coefficient (Wildman–Crippen LogP) is 0.392. The van der Waals surface area contributed by atoms with Gasteiger partial charge in [0.15, 0.2) is 5.82 Å². The Bertz CT molecular complexity index is 543. The van der Waals surface area contributed by atoms with Crippen molar-refractivity contribution in [3.63, 3.8) is 0 Å². The van der Waals surface area contributed by atoms with Crippen molar-refractivity contribution in [1.82, 2.24) is 24.5 Å². The SMILES string of the molecule is CCOC(=O)c1nc(-c2cnn(C)c2)n(C)n1. The molecule has 7 nitrogen and oxygen atoms in total. The van der Waals surface area contributed by atoms with Gasteiger partial charge in [-0.05, 0) is 6.92 Å². The van der Waals surface area contributed by atoms with E-state index in [9.17, 15) is 4.79 Å². The fourth-order valence-electron chi connectivity index (χ4n) is 1.45. The van der Waals surface area contributed by atoms with Gasteiger partial charge < -0.3 is 4.74 Å². The van der Waals surface area contributed by atoms with Crippen molar-refractivity contribution in [3.05, 3.63) is 18.2 Å². The summed E-state index contributed by atoms with van der Waals surface area (Å²) in [5, 5.41) is 8.05. The van der Waals surface area contributed by atoms with Gasteiger partial charge in [0.1, 0.15) is 0 Å². The van der Waals surface area contributed by atoms with Gasteiger partial charge in [-0.25, -0.2) is 14.5 Å². The maximum absolute atomic E-state index is 11.5. The summed E-state index contributed by atoms with van der Waals surface area (Å²) in [6.45, 7) is 2.04. The summed E-state index contributed by atoms with van der Waals surface area (Å²) in [6.07, 6.45) is 3.47. The monoisotopic (exact) mass is 235 g/mol. The molecule has 2 heterocycles. The molecule has 0 N–H and O–H groups in total. The summed E-state index contributed by atoms with van der Waals surface area (Å²) in [5.41, 5.74) is 0.804. The van der Waals surface area contributed by atoms with Crippen molar-refractivity contribution in [2.24, 2.45) is 14.1 Å². The number of hydrogen-bond donors (Lipinski definition) is 0. The van der Waals surface area contributed by atoms with E-state index in [2.05, 4.69) is 15.2 Å². The second kappa shape index (κ2) is 4.36. The highest BCUT2D eigenvalue weighted by Gasteiger charge is 2.17. The zero-order valence-corrected chi connectivity index (χ0v) is 9.91. The van der Waals surface area contributed by atoms with Crippen LogP contribution in [0, 0.1) is 0 Å². The first-order valence-electron chi connectivity index (χ1n) is 5.19. The second-order valence-electron chi connectivity index (χ2n) is 3.51. The molecule has 17 heavy (non-hydrogen) atoms. The largest absolute Gasteiger partial charge is 0.460 e. The van der Waals surface area contributed by atoms with Crippen LogP contribution in [0.15, 0.2) is 12.4 Å². The Labute approximate surface area is 98.0 Å². The number of esters is 1. The smallest absolute Gasteiger partial charge is 0.378 e. The summed E-state index contributed by atoms with van der Waals surface area (Å²) in [7, 11) is 3.53. The van der Waals surface area contributed by atoms with Crippen molar-refractivity contribution in [2.45, 2.75) is 6.92 Å². The maximum atomic E-state index is 11.5. The number of carbonyl (C=O) groups excluding carboxylic acids is 1. The van der Waals surface area contributed by atoms with Gasteiger partial charge in [0.25, 0.3) is 5.82 Å². The Morgan fingerprint density at radius 3 is 2.82 bits per heavy atom. The molecular weight excluding hydrogens is 222 g/mol. The highest BCUT2D eigenvalue weighted by Crippen LogP contribution is 2.15. The molecule has 0 fully saturated rings. The highest BCUT2D eigenvalue weighted by atomic mass is 16.5. The van der Waals surface area contributed by atoms with E-state index < -0.39 is 5.97 Å². The fraction of sp³-hybridized carbons (Fsp3) is 0.400. The van der Waals surface area contributed by atoms with E-state index in [1.807, 2.05) is 7.05 Å². The number of carbonyl (C=O) groups is 1. The lowest BCUT2D eigenvalue weighted by atomic mass is 10.3. The first kappa shape index (κ1) is 11.3. The third-order valence-corrected chi connectivity index (χ3v) is 2.18. The van der Waals surface area contributed by atoms with Crippen LogP contribution in [0.4, 0.5) is 0 Å². The molecule has 0 aliphatic rings. The first-order valence-corrected chi connectivity index (χ1v) is 5.19. The van der Waals surface area contributed by atoms with Crippen LogP contribution >= 0.6 is 0 Å². The molecule has 2 rings (SSSR count). The fourth-order valence-corrected chi connectivity index (χ4v) is 1.45. The Morgan fingerprint density at radius 2 is 2.24 bits per heavy atom. The van der Waals surface area contributed by atoms with Gasteiger partial charge in [-0.1, -0.05) is 0 Å². The minimum absolute atomic E-state index is 0.0632. The normalized spacial score (nSPS) is 10.5. The minimum atomic E-state index is -0.516. The topological polar surface area (TPSA) is 74.8 Å². The summed E-state index contributed by atoms with van der Waals surface area (Å²) >= 11 is 0. The molecule has 90 valence electrons. The number of hydrogen-bond acceptors (Lipinski definition) is 5. The number of aryl methyl sites for hydroxylation is 2. The van der Waals surface area contributed by atoms with Gasteiger partial charge in [-0.2, -0.15) is 5.10 Å². The lowest BCUT2D eigenvalue weighted by Gasteiger charge is -1.94. The molecule has 0 aliphatic heterocycles. The van der Waals surface area contributed by atoms with E-state index in [1.54, 1.807) is 31.0 Å². The Balaban J connectivity index is 2.34. The third-order valence-electron chi connectivity index (χ3n) is 2.18. The minimum Gasteiger partial charge on any atom is -0.460 e. The van der Waals surface area contributed by atoms with Crippen LogP contribution < -0.4 is 0 Å². The summed E-state index contributed by atoms with van der Waals surface area (Å²) in [4.78, 5) is 15.6. The van der Waals surface area contributed by atoms with E-state index >= 15 is 0 Å². The van der Waals surface area contributed by atoms with Crippen molar-refractivity contribution >= 4 is 5.97 Å². The highest BCUT2D eigenvalue weighted by molar-refractivity contribution is 5.85. The van der Waals surface area contributed by atoms with Crippen LogP contribution in [0.1, 0.15) is 17.5 Å². The van der Waals surface area contributed by atoms with Gasteiger partial charge >= 0.3 is 5.97 Å². The molecule has 0 aliphatic carbocycles. The zero-order valence-electron chi connectivity index (χ0n) is 9.91. The molecular formula is C10H13N5O2. The molecule has 0 saturated carbocycles. The van der Waals surface area contributed by atoms with Crippen LogP contribution in [0.3, 0.4) is 0 Å². The summed E-state index contributed by atoms with van der Waals surface area (Å²) in [6, 6.07) is 0. The Hall–Kier alpha value is -2.18. The number of ether oxygens (including phenoxy) is 1. The molecule has 0 saturated heterocycles. The van der Waals surface area contributed by atoms with Crippen LogP contribution in [-0.4, -0.2) is 37.1 Å². The maximum Gasteiger partial charge on any atom is 0.378 e. The molecule has 2 aromatic rings. The number of rotatable bonds is 3. The molecule has 2 aromatic heterocycles. The van der Waals surface area contributed by atoms with Gasteiger partial charge in [-0.15, -0.1) is 5.10 Å². The van der Waals surface area contributed by atoms with Gasteiger partial charge in [0.2, 0.25) is 0 Å². The Morgan fingerprint density at radius 1 is 1.47 bits per heavy atom. The molecule has 0 amide bonds. The average Bonchev–Trinajstić information content (AvgIpc) is 2.85. The van der Waals surface area contributed by atoms with Crippen molar-refractivity contribution in [1.29, 1.82) is 0 Å². The van der Waals surface area contributed by atoms with Crippen LogP contribution in [-0.2, 0) is 18.8 Å². The van der Waals surface area contributed by atoms with Crippen molar-refractivity contribution < 1.29 is 9.53 Å². The van der Waals surface area contributed by atoms with Crippen molar-refractivity contribution in [3.8, 4) is 11.4 Å². The number of nitrogens with zero attached hydrogens (tertiary/aromatic N) is 5. The molecule has 0 spiro atoms. The second-order valence-corrected chi connectivity index (χ2v) is 3.51. The van der Waals surface area contributed by atoms with E-state index in [1.165, 1.54) is 4.68 Å². The average molecular weight is 235 g/mol. The Kier molecular flexibility index (Phi) is 2.90. The predicted molar refractivity (Wildman–Crippen MR) is 59.2 cm³/mol. The standard InChI is InChI=1S/C10H13N5O2/c1-4-17-10(16)8-12-9(15(3)13-8)7-5-11-14(2)6-7/h5-6H,4H2,1-3H3. The van der Waals surface area contributed by atoms with E-state index in [0.717, 1.165) is 5.56 Å². The molecule has 0 radical (unpaired) electrons. The molecule has 0 bridgehead atoms. The van der Waals surface area contributed by atoms with E-state index in [4.69, 9.17) is 4.74 Å². The van der Waals surface area contributed by atoms with E-state index in [0.29, 0.717) is 12.4 Å². The molecule has 0 aromatic carbocycles. The zero-order chi connectivity index (χ0) is 12.4. The van der Waals surface area contributed by atoms with Crippen LogP contribution in [0.5, 0.6) is 0 Å². The third kappa shape index (κ3) is 2.17. The van der Waals surface area contributed by atoms with Crippen LogP contribution in [0.25, 0.3) is 11.4 Å². The first-order chi connectivity index (χ1) is 8.11. The molecule has 7 heteroatoms. The quantitative estimate of drug-likeness (QED) is 0.719. The lowest BCUT2D eigenvalue weighted by molar-refractivity contribution is 0.0512. The lowest BCUT2D eigenvalue weighted by Crippen LogP contribution is -2.07. The molecule has 0 unspecified atom stereocenters.